The van der Waals surface area contributed by atoms with E-state index in [0.717, 1.165) is 17.7 Å². The molecule has 0 aliphatic carbocycles. The van der Waals surface area contributed by atoms with E-state index in [4.69, 9.17) is 4.74 Å². The smallest absolute Gasteiger partial charge is 0.229 e. The number of hydrogen-bond donors (Lipinski definition) is 0. The van der Waals surface area contributed by atoms with Gasteiger partial charge in [0.2, 0.25) is 5.91 Å². The zero-order valence-electron chi connectivity index (χ0n) is 15.4. The molecule has 2 atom stereocenters. The second-order valence-electron chi connectivity index (χ2n) is 6.86. The van der Waals surface area contributed by atoms with Gasteiger partial charge in [-0.1, -0.05) is 0 Å². The van der Waals surface area contributed by atoms with E-state index in [1.54, 1.807) is 10.9 Å². The highest BCUT2D eigenvalue weighted by Gasteiger charge is 2.39. The molecule has 0 N–H and O–H groups in total. The summed E-state index contributed by atoms with van der Waals surface area (Å²) in [7, 11) is 1.88. The van der Waals surface area contributed by atoms with Crippen LogP contribution in [-0.4, -0.2) is 43.5 Å². The van der Waals surface area contributed by atoms with Gasteiger partial charge in [-0.2, -0.15) is 10.2 Å². The van der Waals surface area contributed by atoms with Crippen molar-refractivity contribution in [1.29, 1.82) is 0 Å². The molecular weight excluding hydrogens is 318 g/mol. The van der Waals surface area contributed by atoms with E-state index in [2.05, 4.69) is 24.0 Å². The van der Waals surface area contributed by atoms with Crippen LogP contribution in [-0.2, 0) is 23.1 Å². The Labute approximate surface area is 148 Å². The molecule has 3 rings (SSSR count). The van der Waals surface area contributed by atoms with Gasteiger partial charge in [-0.05, 0) is 33.3 Å². The highest BCUT2D eigenvalue weighted by molar-refractivity contribution is 5.80. The second kappa shape index (κ2) is 7.39. The minimum absolute atomic E-state index is 0.144. The lowest BCUT2D eigenvalue weighted by Crippen LogP contribution is -2.37. The van der Waals surface area contributed by atoms with Gasteiger partial charge in [-0.15, -0.1) is 0 Å². The molecule has 1 amide bonds. The fraction of sp³-hybridized carbons (Fsp3) is 0.611. The van der Waals surface area contributed by atoms with Crippen LogP contribution in [0.15, 0.2) is 24.7 Å². The van der Waals surface area contributed by atoms with Crippen molar-refractivity contribution in [3.05, 3.63) is 35.9 Å². The molecule has 1 aliphatic rings. The Bertz CT molecular complexity index is 721. The molecule has 1 fully saturated rings. The second-order valence-corrected chi connectivity index (χ2v) is 6.86. The number of nitrogens with zero attached hydrogens (tertiary/aromatic N) is 5. The van der Waals surface area contributed by atoms with Crippen LogP contribution in [0.1, 0.15) is 50.6 Å². The van der Waals surface area contributed by atoms with Crippen LogP contribution in [0, 0.1) is 5.92 Å². The fourth-order valence-corrected chi connectivity index (χ4v) is 3.47. The number of ether oxygens (including phenoxy) is 1. The number of hydrogen-bond acceptors (Lipinski definition) is 4. The van der Waals surface area contributed by atoms with Gasteiger partial charge in [0, 0.05) is 50.7 Å². The highest BCUT2D eigenvalue weighted by atomic mass is 16.5. The standard InChI is InChI=1S/C18H27N5O2/c1-5-22(12-14-10-20-21(4)11-14)18(24)15-7-9-25-17(15)16-6-8-19-23(16)13(2)3/h6,8,10-11,13,15,17H,5,7,9,12H2,1-4H3/t15-,17-/m1/s1. The first kappa shape index (κ1) is 17.7. The number of amides is 1. The summed E-state index contributed by atoms with van der Waals surface area (Å²) in [5, 5.41) is 8.58. The van der Waals surface area contributed by atoms with E-state index in [0.29, 0.717) is 19.7 Å². The molecule has 1 aliphatic heterocycles. The van der Waals surface area contributed by atoms with Crippen molar-refractivity contribution in [3.63, 3.8) is 0 Å². The SMILES string of the molecule is CCN(Cc1cnn(C)c1)C(=O)[C@@H]1CCO[C@H]1c1ccnn1C(C)C. The molecular formula is C18H27N5O2. The van der Waals surface area contributed by atoms with Crippen LogP contribution >= 0.6 is 0 Å². The third-order valence-electron chi connectivity index (χ3n) is 4.72. The van der Waals surface area contributed by atoms with Crippen molar-refractivity contribution in [2.75, 3.05) is 13.2 Å². The summed E-state index contributed by atoms with van der Waals surface area (Å²) in [5.41, 5.74) is 2.03. The summed E-state index contributed by atoms with van der Waals surface area (Å²) in [6.07, 6.45) is 6.07. The summed E-state index contributed by atoms with van der Waals surface area (Å²) in [4.78, 5) is 15.1. The van der Waals surface area contributed by atoms with E-state index in [9.17, 15) is 4.79 Å². The van der Waals surface area contributed by atoms with E-state index >= 15 is 0 Å². The first-order valence-electron chi connectivity index (χ1n) is 8.92. The molecule has 0 aromatic carbocycles. The minimum Gasteiger partial charge on any atom is -0.371 e. The van der Waals surface area contributed by atoms with Crippen molar-refractivity contribution in [2.45, 2.75) is 45.9 Å². The lowest BCUT2D eigenvalue weighted by molar-refractivity contribution is -0.138. The van der Waals surface area contributed by atoms with Gasteiger partial charge in [0.25, 0.3) is 0 Å². The molecule has 7 nitrogen and oxygen atoms in total. The van der Waals surface area contributed by atoms with Gasteiger partial charge in [0.1, 0.15) is 6.10 Å². The van der Waals surface area contributed by atoms with Crippen LogP contribution in [0.4, 0.5) is 0 Å². The number of aryl methyl sites for hydroxylation is 1. The summed E-state index contributed by atoms with van der Waals surface area (Å²) < 4.78 is 9.66. The lowest BCUT2D eigenvalue weighted by atomic mass is 9.96. The average molecular weight is 345 g/mol. The van der Waals surface area contributed by atoms with E-state index in [-0.39, 0.29) is 24.0 Å². The van der Waals surface area contributed by atoms with Gasteiger partial charge in [-0.25, -0.2) is 0 Å². The Morgan fingerprint density at radius 3 is 2.88 bits per heavy atom. The normalized spacial score (nSPS) is 20.4. The predicted molar refractivity (Wildman–Crippen MR) is 93.7 cm³/mol. The van der Waals surface area contributed by atoms with Crippen molar-refractivity contribution in [2.24, 2.45) is 13.0 Å². The van der Waals surface area contributed by atoms with Crippen molar-refractivity contribution in [1.82, 2.24) is 24.5 Å². The molecule has 2 aromatic heterocycles. The number of aromatic nitrogens is 4. The maximum Gasteiger partial charge on any atom is 0.229 e. The lowest BCUT2D eigenvalue weighted by Gasteiger charge is -2.27. The third-order valence-corrected chi connectivity index (χ3v) is 4.72. The Morgan fingerprint density at radius 2 is 2.24 bits per heavy atom. The Morgan fingerprint density at radius 1 is 1.44 bits per heavy atom. The number of carbonyl (C=O) groups excluding carboxylic acids is 1. The summed E-state index contributed by atoms with van der Waals surface area (Å²) >= 11 is 0. The first-order valence-corrected chi connectivity index (χ1v) is 8.92. The van der Waals surface area contributed by atoms with E-state index < -0.39 is 0 Å². The Hall–Kier alpha value is -2.15. The van der Waals surface area contributed by atoms with E-state index in [1.165, 1.54) is 0 Å². The third kappa shape index (κ3) is 3.61. The van der Waals surface area contributed by atoms with E-state index in [1.807, 2.05) is 42.0 Å². The average Bonchev–Trinajstić information content (AvgIpc) is 3.31. The van der Waals surface area contributed by atoms with Crippen molar-refractivity contribution < 1.29 is 9.53 Å². The monoisotopic (exact) mass is 345 g/mol. The number of carbonyl (C=O) groups is 1. The van der Waals surface area contributed by atoms with Crippen LogP contribution < -0.4 is 0 Å². The molecule has 0 unspecified atom stereocenters. The Balaban J connectivity index is 1.78. The molecule has 7 heteroatoms. The predicted octanol–water partition coefficient (Wildman–Crippen LogP) is 2.32. The molecule has 0 bridgehead atoms. The van der Waals surface area contributed by atoms with Gasteiger partial charge < -0.3 is 9.64 Å². The quantitative estimate of drug-likeness (QED) is 0.806. The van der Waals surface area contributed by atoms with Gasteiger partial charge in [-0.3, -0.25) is 14.2 Å². The first-order chi connectivity index (χ1) is 12.0. The maximum atomic E-state index is 13.2. The van der Waals surface area contributed by atoms with Gasteiger partial charge >= 0.3 is 0 Å². The van der Waals surface area contributed by atoms with Gasteiger partial charge in [0.05, 0.1) is 17.8 Å². The van der Waals surface area contributed by atoms with Crippen LogP contribution in [0.25, 0.3) is 0 Å². The molecule has 2 aromatic rings. The minimum atomic E-state index is -0.222. The summed E-state index contributed by atoms with van der Waals surface area (Å²) in [6.45, 7) is 8.04. The molecule has 0 spiro atoms. The summed E-state index contributed by atoms with van der Waals surface area (Å²) in [6, 6.07) is 2.20. The highest BCUT2D eigenvalue weighted by Crippen LogP contribution is 2.36. The van der Waals surface area contributed by atoms with Crippen LogP contribution in [0.3, 0.4) is 0 Å². The number of rotatable bonds is 6. The van der Waals surface area contributed by atoms with Crippen LogP contribution in [0.2, 0.25) is 0 Å². The fourth-order valence-electron chi connectivity index (χ4n) is 3.47. The Kier molecular flexibility index (Phi) is 5.22. The van der Waals surface area contributed by atoms with Crippen molar-refractivity contribution in [3.8, 4) is 0 Å². The molecule has 25 heavy (non-hydrogen) atoms. The maximum absolute atomic E-state index is 13.2. The zero-order chi connectivity index (χ0) is 18.0. The zero-order valence-corrected chi connectivity index (χ0v) is 15.4. The topological polar surface area (TPSA) is 65.2 Å². The summed E-state index contributed by atoms with van der Waals surface area (Å²) in [5.74, 6) is -0.0174. The largest absolute Gasteiger partial charge is 0.371 e. The molecule has 0 radical (unpaired) electrons. The molecule has 0 saturated carbocycles. The van der Waals surface area contributed by atoms with Crippen LogP contribution in [0.5, 0.6) is 0 Å². The van der Waals surface area contributed by atoms with Gasteiger partial charge in [0.15, 0.2) is 0 Å². The molecule has 136 valence electrons. The van der Waals surface area contributed by atoms with Crippen molar-refractivity contribution >= 4 is 5.91 Å². The molecule has 1 saturated heterocycles. The molecule has 3 heterocycles.